The molecular weight excluding hydrogens is 528 g/mol. The van der Waals surface area contributed by atoms with Gasteiger partial charge in [0.25, 0.3) is 20.1 Å². The fourth-order valence-corrected chi connectivity index (χ4v) is 6.53. The van der Waals surface area contributed by atoms with Gasteiger partial charge in [0.1, 0.15) is 5.75 Å². The fourth-order valence-electron chi connectivity index (χ4n) is 3.53. The highest BCUT2D eigenvalue weighted by Gasteiger charge is 2.25. The van der Waals surface area contributed by atoms with Crippen molar-refractivity contribution in [2.24, 2.45) is 0 Å². The maximum atomic E-state index is 13.2. The predicted octanol–water partition coefficient (Wildman–Crippen LogP) is 3.31. The number of anilines is 2. The summed E-state index contributed by atoms with van der Waals surface area (Å²) in [5.74, 6) is -0.0190. The largest absolute Gasteiger partial charge is 0.495 e. The van der Waals surface area contributed by atoms with Gasteiger partial charge in [0.05, 0.1) is 38.1 Å². The van der Waals surface area contributed by atoms with Crippen LogP contribution in [0.15, 0.2) is 98.4 Å². The lowest BCUT2D eigenvalue weighted by molar-refractivity contribution is 0.416. The molecule has 0 bridgehead atoms. The third-order valence-corrected chi connectivity index (χ3v) is 9.36. The lowest BCUT2D eigenvalue weighted by Gasteiger charge is -2.14. The average molecular weight is 549 g/mol. The van der Waals surface area contributed by atoms with Crippen molar-refractivity contribution in [3.8, 4) is 5.75 Å². The minimum atomic E-state index is -4.62. The molecule has 0 amide bonds. The Kier molecular flexibility index (Phi) is 6.43. The van der Waals surface area contributed by atoms with E-state index in [1.54, 1.807) is 18.2 Å². The van der Waals surface area contributed by atoms with E-state index in [0.717, 1.165) is 41.8 Å². The predicted molar refractivity (Wildman–Crippen MR) is 134 cm³/mol. The highest BCUT2D eigenvalue weighted by Crippen LogP contribution is 2.32. The van der Waals surface area contributed by atoms with E-state index >= 15 is 0 Å². The monoisotopic (exact) mass is 548 g/mol. The summed E-state index contributed by atoms with van der Waals surface area (Å²) in [5, 5.41) is 1.56. The zero-order valence-electron chi connectivity index (χ0n) is 18.6. The first-order chi connectivity index (χ1) is 16.8. The molecule has 4 aromatic rings. The van der Waals surface area contributed by atoms with E-state index in [4.69, 9.17) is 10.5 Å². The SMILES string of the molecule is COc1ccc(S(=O)(=O)O)cc1NS(=O)(=O)c1ccc(S(=O)(=O)c2ccc3ccccc3c2)c(N)c1. The van der Waals surface area contributed by atoms with E-state index in [1.807, 2.05) is 12.1 Å². The summed E-state index contributed by atoms with van der Waals surface area (Å²) in [4.78, 5) is -1.22. The summed E-state index contributed by atoms with van der Waals surface area (Å²) >= 11 is 0. The standard InChI is InChI=1S/C23H20N2O8S3/c1-33-22-10-8-19(36(30,31)32)14-21(22)25-35(28,29)18-9-11-23(20(24)13-18)34(26,27)17-7-6-15-4-2-3-5-16(15)12-17/h2-14,25H,24H2,1H3,(H,30,31,32). The smallest absolute Gasteiger partial charge is 0.294 e. The zero-order chi connectivity index (χ0) is 26.3. The second-order valence-electron chi connectivity index (χ2n) is 7.65. The Bertz CT molecular complexity index is 1820. The highest BCUT2D eigenvalue weighted by molar-refractivity contribution is 7.93. The van der Waals surface area contributed by atoms with E-state index in [1.165, 1.54) is 19.2 Å². The first-order valence-corrected chi connectivity index (χ1v) is 14.6. The molecule has 188 valence electrons. The normalized spacial score (nSPS) is 12.4. The molecule has 0 saturated heterocycles. The molecule has 0 unspecified atom stereocenters. The molecule has 0 atom stereocenters. The van der Waals surface area contributed by atoms with E-state index < -0.39 is 34.9 Å². The Labute approximate surface area is 208 Å². The number of rotatable bonds is 7. The molecule has 0 spiro atoms. The molecule has 13 heteroatoms. The van der Waals surface area contributed by atoms with Gasteiger partial charge in [-0.25, -0.2) is 16.8 Å². The summed E-state index contributed by atoms with van der Waals surface area (Å²) in [6.45, 7) is 0. The summed E-state index contributed by atoms with van der Waals surface area (Å²) in [6, 6.07) is 18.0. The molecule has 0 saturated carbocycles. The second kappa shape index (κ2) is 9.09. The van der Waals surface area contributed by atoms with Crippen LogP contribution in [-0.4, -0.2) is 36.9 Å². The van der Waals surface area contributed by atoms with Gasteiger partial charge in [-0.15, -0.1) is 0 Å². The number of nitrogens with one attached hydrogen (secondary N) is 1. The molecule has 4 aromatic carbocycles. The second-order valence-corrected chi connectivity index (χ2v) is 12.7. The minimum Gasteiger partial charge on any atom is -0.495 e. The van der Waals surface area contributed by atoms with Crippen LogP contribution < -0.4 is 15.2 Å². The third kappa shape index (κ3) is 4.86. The van der Waals surface area contributed by atoms with Crippen molar-refractivity contribution >= 4 is 52.1 Å². The number of sulfone groups is 1. The number of benzene rings is 4. The van der Waals surface area contributed by atoms with Crippen LogP contribution >= 0.6 is 0 Å². The van der Waals surface area contributed by atoms with Crippen molar-refractivity contribution in [1.29, 1.82) is 0 Å². The number of hydrogen-bond donors (Lipinski definition) is 3. The maximum absolute atomic E-state index is 13.2. The van der Waals surface area contributed by atoms with E-state index in [9.17, 15) is 29.8 Å². The first-order valence-electron chi connectivity index (χ1n) is 10.1. The van der Waals surface area contributed by atoms with Crippen molar-refractivity contribution in [3.05, 3.63) is 78.9 Å². The lowest BCUT2D eigenvalue weighted by Crippen LogP contribution is -2.15. The fraction of sp³-hybridized carbons (Fsp3) is 0.0435. The summed E-state index contributed by atoms with van der Waals surface area (Å²) in [7, 11) is -11.8. The van der Waals surface area contributed by atoms with E-state index in [0.29, 0.717) is 5.39 Å². The lowest BCUT2D eigenvalue weighted by atomic mass is 10.1. The molecule has 4 N–H and O–H groups in total. The van der Waals surface area contributed by atoms with Gasteiger partial charge in [0, 0.05) is 0 Å². The number of methoxy groups -OCH3 is 1. The Morgan fingerprint density at radius 1 is 0.750 bits per heavy atom. The van der Waals surface area contributed by atoms with Gasteiger partial charge >= 0.3 is 0 Å². The summed E-state index contributed by atoms with van der Waals surface area (Å²) in [6.07, 6.45) is 0. The van der Waals surface area contributed by atoms with Gasteiger partial charge in [-0.3, -0.25) is 9.27 Å². The van der Waals surface area contributed by atoms with E-state index in [-0.39, 0.29) is 31.8 Å². The molecular formula is C23H20N2O8S3. The van der Waals surface area contributed by atoms with Gasteiger partial charge in [-0.05, 0) is 59.3 Å². The minimum absolute atomic E-state index is 0.00611. The Hall–Kier alpha value is -3.65. The molecule has 0 aliphatic carbocycles. The maximum Gasteiger partial charge on any atom is 0.294 e. The van der Waals surface area contributed by atoms with Gasteiger partial charge in [0.15, 0.2) is 0 Å². The summed E-state index contributed by atoms with van der Waals surface area (Å²) in [5.41, 5.74) is 5.41. The number of sulfonamides is 1. The molecule has 0 fully saturated rings. The molecule has 0 heterocycles. The molecule has 36 heavy (non-hydrogen) atoms. The Morgan fingerprint density at radius 2 is 1.39 bits per heavy atom. The number of nitrogen functional groups attached to an aromatic ring is 1. The van der Waals surface area contributed by atoms with Crippen molar-refractivity contribution in [1.82, 2.24) is 0 Å². The number of ether oxygens (including phenoxy) is 1. The molecule has 0 aromatic heterocycles. The van der Waals surface area contributed by atoms with Gasteiger partial charge < -0.3 is 10.5 Å². The van der Waals surface area contributed by atoms with E-state index in [2.05, 4.69) is 4.72 Å². The third-order valence-electron chi connectivity index (χ3n) is 5.33. The van der Waals surface area contributed by atoms with Crippen molar-refractivity contribution < 1.29 is 34.5 Å². The van der Waals surface area contributed by atoms with Crippen LogP contribution in [0, 0.1) is 0 Å². The number of hydrogen-bond acceptors (Lipinski definition) is 8. The quantitative estimate of drug-likeness (QED) is 0.231. The van der Waals surface area contributed by atoms with Crippen LogP contribution in [0.3, 0.4) is 0 Å². The molecule has 4 rings (SSSR count). The van der Waals surface area contributed by atoms with Crippen LogP contribution in [0.25, 0.3) is 10.8 Å². The van der Waals surface area contributed by atoms with Crippen LogP contribution in [0.5, 0.6) is 5.75 Å². The van der Waals surface area contributed by atoms with Crippen LogP contribution in [0.4, 0.5) is 11.4 Å². The van der Waals surface area contributed by atoms with Gasteiger partial charge in [0.2, 0.25) is 9.84 Å². The van der Waals surface area contributed by atoms with Crippen LogP contribution in [0.2, 0.25) is 0 Å². The number of fused-ring (bicyclic) bond motifs is 1. The van der Waals surface area contributed by atoms with Crippen LogP contribution in [0.1, 0.15) is 0 Å². The van der Waals surface area contributed by atoms with Crippen molar-refractivity contribution in [2.45, 2.75) is 19.6 Å². The van der Waals surface area contributed by atoms with Gasteiger partial charge in [-0.2, -0.15) is 8.42 Å². The van der Waals surface area contributed by atoms with Crippen LogP contribution in [-0.2, 0) is 30.0 Å². The molecule has 0 aliphatic heterocycles. The van der Waals surface area contributed by atoms with Crippen molar-refractivity contribution in [3.63, 3.8) is 0 Å². The molecule has 0 aliphatic rings. The Morgan fingerprint density at radius 3 is 2.03 bits per heavy atom. The molecule has 10 nitrogen and oxygen atoms in total. The zero-order valence-corrected chi connectivity index (χ0v) is 21.1. The summed E-state index contributed by atoms with van der Waals surface area (Å²) < 4.78 is 91.8. The number of nitrogens with two attached hydrogens (primary N) is 1. The molecule has 0 radical (unpaired) electrons. The average Bonchev–Trinajstić information content (AvgIpc) is 2.82. The Balaban J connectivity index is 1.71. The first kappa shape index (κ1) is 25.4. The van der Waals surface area contributed by atoms with Gasteiger partial charge in [-0.1, -0.05) is 30.3 Å². The topological polar surface area (TPSA) is 170 Å². The highest BCUT2D eigenvalue weighted by atomic mass is 32.2. The van der Waals surface area contributed by atoms with Crippen molar-refractivity contribution in [2.75, 3.05) is 17.6 Å².